The first-order valence-electron chi connectivity index (χ1n) is 8.54. The maximum atomic E-state index is 13.3. The Morgan fingerprint density at radius 2 is 1.89 bits per heavy atom. The Kier molecular flexibility index (Phi) is 4.79. The van der Waals surface area contributed by atoms with Crippen molar-refractivity contribution in [3.8, 4) is 17.1 Å². The van der Waals surface area contributed by atoms with Crippen molar-refractivity contribution >= 4 is 39.9 Å². The number of ether oxygens (including phenoxy) is 1. The van der Waals surface area contributed by atoms with Gasteiger partial charge in [0.25, 0.3) is 0 Å². The third kappa shape index (κ3) is 3.23. The van der Waals surface area contributed by atoms with Crippen LogP contribution in [0.25, 0.3) is 22.3 Å². The average Bonchev–Trinajstić information content (AvgIpc) is 3.20. The van der Waals surface area contributed by atoms with Gasteiger partial charge in [-0.25, -0.2) is 4.79 Å². The number of aryl methyl sites for hydroxylation is 2. The summed E-state index contributed by atoms with van der Waals surface area (Å²) in [5.74, 6) is -0.636. The molecular formula is C22H15ClO4S. The molecule has 4 rings (SSSR count). The van der Waals surface area contributed by atoms with Crippen molar-refractivity contribution < 1.29 is 13.9 Å². The molecule has 2 aromatic heterocycles. The molecule has 140 valence electrons. The molecule has 0 aliphatic rings. The molecular weight excluding hydrogens is 396 g/mol. The summed E-state index contributed by atoms with van der Waals surface area (Å²) in [7, 11) is 0. The molecule has 2 heterocycles. The van der Waals surface area contributed by atoms with Crippen molar-refractivity contribution in [2.75, 3.05) is 0 Å². The van der Waals surface area contributed by atoms with E-state index in [-0.39, 0.29) is 11.5 Å². The summed E-state index contributed by atoms with van der Waals surface area (Å²) < 4.78 is 11.6. The fourth-order valence-corrected chi connectivity index (χ4v) is 3.91. The van der Waals surface area contributed by atoms with Gasteiger partial charge >= 0.3 is 5.97 Å². The third-order valence-electron chi connectivity index (χ3n) is 4.32. The fraction of sp³-hybridized carbons (Fsp3) is 0.0909. The number of rotatable bonds is 3. The molecule has 0 saturated carbocycles. The highest BCUT2D eigenvalue weighted by molar-refractivity contribution is 7.12. The molecule has 2 aromatic carbocycles. The molecule has 0 fully saturated rings. The number of fused-ring (bicyclic) bond motifs is 1. The molecule has 0 saturated heterocycles. The summed E-state index contributed by atoms with van der Waals surface area (Å²) in [4.78, 5) is 26.2. The topological polar surface area (TPSA) is 56.5 Å². The Hall–Kier alpha value is -2.89. The van der Waals surface area contributed by atoms with Gasteiger partial charge in [0.15, 0.2) is 5.76 Å². The summed E-state index contributed by atoms with van der Waals surface area (Å²) in [6.07, 6.45) is 0. The normalized spacial score (nSPS) is 11.0. The van der Waals surface area contributed by atoms with Gasteiger partial charge in [-0.3, -0.25) is 4.79 Å². The molecule has 4 nitrogen and oxygen atoms in total. The van der Waals surface area contributed by atoms with Crippen LogP contribution in [0.15, 0.2) is 63.1 Å². The fourth-order valence-electron chi connectivity index (χ4n) is 3.09. The van der Waals surface area contributed by atoms with Gasteiger partial charge in [0.1, 0.15) is 10.5 Å². The van der Waals surface area contributed by atoms with Crippen molar-refractivity contribution in [3.63, 3.8) is 0 Å². The van der Waals surface area contributed by atoms with E-state index in [0.29, 0.717) is 26.4 Å². The zero-order chi connectivity index (χ0) is 19.8. The second kappa shape index (κ2) is 7.26. The van der Waals surface area contributed by atoms with Crippen LogP contribution in [0, 0.1) is 13.8 Å². The average molecular weight is 411 g/mol. The Morgan fingerprint density at radius 3 is 2.61 bits per heavy atom. The van der Waals surface area contributed by atoms with Crippen LogP contribution < -0.4 is 10.2 Å². The number of carbonyl (C=O) groups is 1. The number of esters is 1. The molecule has 0 spiro atoms. The highest BCUT2D eigenvalue weighted by Crippen LogP contribution is 2.36. The summed E-state index contributed by atoms with van der Waals surface area (Å²) in [5.41, 5.74) is 2.25. The van der Waals surface area contributed by atoms with Gasteiger partial charge in [-0.15, -0.1) is 11.3 Å². The minimum absolute atomic E-state index is 0.139. The number of halogens is 1. The van der Waals surface area contributed by atoms with Gasteiger partial charge < -0.3 is 9.15 Å². The summed E-state index contributed by atoms with van der Waals surface area (Å²) in [6, 6.07) is 14.0. The van der Waals surface area contributed by atoms with Gasteiger partial charge in [0.05, 0.1) is 10.4 Å². The van der Waals surface area contributed by atoms with E-state index in [4.69, 9.17) is 20.8 Å². The second-order valence-corrected chi connectivity index (χ2v) is 7.75. The first kappa shape index (κ1) is 18.5. The lowest BCUT2D eigenvalue weighted by Gasteiger charge is -2.12. The van der Waals surface area contributed by atoms with Crippen LogP contribution in [-0.4, -0.2) is 5.97 Å². The van der Waals surface area contributed by atoms with Gasteiger partial charge in [-0.1, -0.05) is 35.9 Å². The molecule has 0 radical (unpaired) electrons. The van der Waals surface area contributed by atoms with E-state index in [1.807, 2.05) is 19.9 Å². The van der Waals surface area contributed by atoms with E-state index in [0.717, 1.165) is 11.1 Å². The lowest BCUT2D eigenvalue weighted by molar-refractivity contribution is 0.0736. The van der Waals surface area contributed by atoms with E-state index in [9.17, 15) is 9.59 Å². The number of hydrogen-bond donors (Lipinski definition) is 0. The summed E-state index contributed by atoms with van der Waals surface area (Å²) in [5, 5.41) is 2.52. The van der Waals surface area contributed by atoms with Crippen LogP contribution in [0.3, 0.4) is 0 Å². The van der Waals surface area contributed by atoms with E-state index in [1.54, 1.807) is 47.8 Å². The van der Waals surface area contributed by atoms with Crippen LogP contribution >= 0.6 is 22.9 Å². The van der Waals surface area contributed by atoms with Crippen LogP contribution in [0.2, 0.25) is 5.02 Å². The van der Waals surface area contributed by atoms with Gasteiger partial charge in [-0.05, 0) is 54.6 Å². The Balaban J connectivity index is 2.01. The Labute approximate surface area is 170 Å². The maximum Gasteiger partial charge on any atom is 0.353 e. The van der Waals surface area contributed by atoms with Crippen LogP contribution in [0.4, 0.5) is 0 Å². The molecule has 0 unspecified atom stereocenters. The molecule has 0 aliphatic heterocycles. The first-order valence-corrected chi connectivity index (χ1v) is 9.80. The van der Waals surface area contributed by atoms with E-state index < -0.39 is 11.4 Å². The van der Waals surface area contributed by atoms with E-state index >= 15 is 0 Å². The van der Waals surface area contributed by atoms with Crippen molar-refractivity contribution in [3.05, 3.63) is 85.2 Å². The molecule has 6 heteroatoms. The smallest absolute Gasteiger partial charge is 0.353 e. The monoisotopic (exact) mass is 410 g/mol. The van der Waals surface area contributed by atoms with Crippen molar-refractivity contribution in [1.29, 1.82) is 0 Å². The van der Waals surface area contributed by atoms with Crippen molar-refractivity contribution in [1.82, 2.24) is 0 Å². The SMILES string of the molecule is Cc1cc(C)c2oc(-c3ccccc3Cl)c(OC(=O)c3cccs3)c(=O)c2c1. The predicted molar refractivity (Wildman–Crippen MR) is 112 cm³/mol. The summed E-state index contributed by atoms with van der Waals surface area (Å²) in [6.45, 7) is 3.76. The van der Waals surface area contributed by atoms with Crippen LogP contribution in [-0.2, 0) is 0 Å². The number of thiophene rings is 1. The molecule has 0 bridgehead atoms. The standard InChI is InChI=1S/C22H15ClO4S/c1-12-10-13(2)19-15(11-12)18(24)21(27-22(25)17-8-5-9-28-17)20(26-19)14-6-3-4-7-16(14)23/h3-11H,1-2H3. The van der Waals surface area contributed by atoms with E-state index in [1.165, 1.54) is 11.3 Å². The van der Waals surface area contributed by atoms with Crippen molar-refractivity contribution in [2.45, 2.75) is 13.8 Å². The predicted octanol–water partition coefficient (Wildman–Crippen LogP) is 6.01. The number of carbonyl (C=O) groups excluding carboxylic acids is 1. The summed E-state index contributed by atoms with van der Waals surface area (Å²) >= 11 is 7.57. The zero-order valence-electron chi connectivity index (χ0n) is 15.1. The molecule has 0 aliphatic carbocycles. The van der Waals surface area contributed by atoms with Gasteiger partial charge in [-0.2, -0.15) is 0 Å². The lowest BCUT2D eigenvalue weighted by atomic mass is 10.1. The molecule has 0 N–H and O–H groups in total. The molecule has 28 heavy (non-hydrogen) atoms. The largest absolute Gasteiger partial charge is 0.452 e. The lowest BCUT2D eigenvalue weighted by Crippen LogP contribution is -2.16. The Bertz CT molecular complexity index is 1260. The first-order chi connectivity index (χ1) is 13.5. The minimum atomic E-state index is -0.612. The van der Waals surface area contributed by atoms with Gasteiger partial charge in [0, 0.05) is 5.56 Å². The molecule has 0 atom stereocenters. The second-order valence-electron chi connectivity index (χ2n) is 6.39. The molecule has 0 amide bonds. The number of hydrogen-bond acceptors (Lipinski definition) is 5. The highest BCUT2D eigenvalue weighted by atomic mass is 35.5. The van der Waals surface area contributed by atoms with Crippen molar-refractivity contribution in [2.24, 2.45) is 0 Å². The molecule has 4 aromatic rings. The third-order valence-corrected chi connectivity index (χ3v) is 5.50. The quantitative estimate of drug-likeness (QED) is 0.388. The van der Waals surface area contributed by atoms with Crippen LogP contribution in [0.1, 0.15) is 20.8 Å². The minimum Gasteiger partial charge on any atom is -0.452 e. The highest BCUT2D eigenvalue weighted by Gasteiger charge is 2.23. The van der Waals surface area contributed by atoms with Gasteiger partial charge in [0.2, 0.25) is 11.2 Å². The number of benzene rings is 2. The Morgan fingerprint density at radius 1 is 1.11 bits per heavy atom. The zero-order valence-corrected chi connectivity index (χ0v) is 16.7. The van der Waals surface area contributed by atoms with E-state index in [2.05, 4.69) is 0 Å². The maximum absolute atomic E-state index is 13.3. The van der Waals surface area contributed by atoms with Crippen LogP contribution in [0.5, 0.6) is 5.75 Å².